The Labute approximate surface area is 166 Å². The van der Waals surface area contributed by atoms with Crippen LogP contribution in [-0.2, 0) is 23.4 Å². The van der Waals surface area contributed by atoms with Gasteiger partial charge in [-0.25, -0.2) is 9.88 Å². The molecule has 2 unspecified atom stereocenters. The molecule has 1 aliphatic carbocycles. The number of aromatic nitrogens is 2. The predicted octanol–water partition coefficient (Wildman–Crippen LogP) is -1.40. The molecule has 12 nitrogen and oxygen atoms in total. The van der Waals surface area contributed by atoms with Crippen LogP contribution in [0, 0.1) is 0 Å². The first kappa shape index (κ1) is 21.9. The van der Waals surface area contributed by atoms with E-state index < -0.39 is 61.0 Å². The second kappa shape index (κ2) is 7.46. The third-order valence-electron chi connectivity index (χ3n) is 5.06. The van der Waals surface area contributed by atoms with Gasteiger partial charge in [-0.3, -0.25) is 23.7 Å². The topological polar surface area (TPSA) is 175 Å². The lowest BCUT2D eigenvalue weighted by Gasteiger charge is -2.34. The van der Waals surface area contributed by atoms with E-state index in [1.165, 1.54) is 20.0 Å². The number of fused-ring (bicyclic) bond motifs is 1. The Bertz CT molecular complexity index is 943. The fourth-order valence-electron chi connectivity index (χ4n) is 3.42. The smallest absolute Gasteiger partial charge is 0.330 e. The molecule has 162 valence electrons. The monoisotopic (exact) mass is 432 g/mol. The molecule has 1 aliphatic heterocycles. The lowest BCUT2D eigenvalue weighted by molar-refractivity contribution is -0.149. The van der Waals surface area contributed by atoms with Crippen LogP contribution in [0.4, 0.5) is 0 Å². The number of hydrogen-bond donors (Lipinski definition) is 4. The summed E-state index contributed by atoms with van der Waals surface area (Å²) < 4.78 is 29.4. The van der Waals surface area contributed by atoms with Crippen molar-refractivity contribution in [3.63, 3.8) is 0 Å². The van der Waals surface area contributed by atoms with Crippen molar-refractivity contribution in [2.24, 2.45) is 5.73 Å². The van der Waals surface area contributed by atoms with Gasteiger partial charge in [0, 0.05) is 12.3 Å². The minimum atomic E-state index is -2.94. The standard InChI is InChI=1S/C16H25N4O8P/c1-7(2)26-12(22)8(3)19-29(25)28-11-10-16(11,24)15(4,17)13(27-10)20-6-5-9(21)18-14(20)23/h5-8,10-11,13,24,29H,17H2,1-4H3,(H,19,25)(H,18,21,23)/t8-,10-,11?,13-,15+,16+/m1/s1. The fourth-order valence-corrected chi connectivity index (χ4v) is 4.49. The van der Waals surface area contributed by atoms with Crippen molar-refractivity contribution in [2.75, 3.05) is 0 Å². The molecule has 13 heteroatoms. The van der Waals surface area contributed by atoms with E-state index in [-0.39, 0.29) is 6.10 Å². The molecule has 0 bridgehead atoms. The summed E-state index contributed by atoms with van der Waals surface area (Å²) in [6.07, 6.45) is -2.13. The first-order valence-electron chi connectivity index (χ1n) is 9.05. The van der Waals surface area contributed by atoms with Gasteiger partial charge in [0.2, 0.25) is 0 Å². The summed E-state index contributed by atoms with van der Waals surface area (Å²) in [4.78, 5) is 37.1. The van der Waals surface area contributed by atoms with Gasteiger partial charge in [-0.1, -0.05) is 0 Å². The number of nitrogens with two attached hydrogens (primary N) is 1. The summed E-state index contributed by atoms with van der Waals surface area (Å²) in [6.45, 7) is 6.32. The fraction of sp³-hybridized carbons (Fsp3) is 0.688. The SMILES string of the molecule is CC(C)OC(=O)[C@@H](C)N[PH](=O)OC1[C@H]2O[C@@H](n3ccc(=O)[nH]c3=O)[C@](C)(N)[C@@]12O. The molecule has 1 aromatic heterocycles. The molecule has 29 heavy (non-hydrogen) atoms. The summed E-state index contributed by atoms with van der Waals surface area (Å²) >= 11 is 0. The zero-order valence-corrected chi connectivity index (χ0v) is 17.4. The van der Waals surface area contributed by atoms with Crippen LogP contribution in [0.3, 0.4) is 0 Å². The zero-order valence-electron chi connectivity index (χ0n) is 16.4. The van der Waals surface area contributed by atoms with Crippen molar-refractivity contribution in [1.82, 2.24) is 14.6 Å². The Morgan fingerprint density at radius 3 is 2.62 bits per heavy atom. The Morgan fingerprint density at radius 1 is 1.45 bits per heavy atom. The number of esters is 1. The molecule has 7 atom stereocenters. The van der Waals surface area contributed by atoms with E-state index in [2.05, 4.69) is 10.1 Å². The van der Waals surface area contributed by atoms with Crippen molar-refractivity contribution in [3.05, 3.63) is 33.1 Å². The lowest BCUT2D eigenvalue weighted by Crippen LogP contribution is -2.57. The van der Waals surface area contributed by atoms with Gasteiger partial charge in [-0.2, -0.15) is 0 Å². The molecule has 2 fully saturated rings. The second-order valence-electron chi connectivity index (χ2n) is 7.71. The maximum atomic E-state index is 12.3. The van der Waals surface area contributed by atoms with Gasteiger partial charge in [0.25, 0.3) is 13.7 Å². The minimum absolute atomic E-state index is 0.321. The van der Waals surface area contributed by atoms with Crippen molar-refractivity contribution < 1.29 is 28.5 Å². The van der Waals surface area contributed by atoms with Crippen LogP contribution in [0.25, 0.3) is 0 Å². The first-order chi connectivity index (χ1) is 13.4. The average Bonchev–Trinajstić information content (AvgIpc) is 3.08. The Kier molecular flexibility index (Phi) is 5.63. The number of ether oxygens (including phenoxy) is 2. The Hall–Kier alpha value is -1.82. The maximum Gasteiger partial charge on any atom is 0.330 e. The van der Waals surface area contributed by atoms with Crippen molar-refractivity contribution >= 4 is 14.1 Å². The molecular formula is C16H25N4O8P. The van der Waals surface area contributed by atoms with Gasteiger partial charge in [-0.05, 0) is 27.7 Å². The van der Waals surface area contributed by atoms with Gasteiger partial charge < -0.3 is 24.8 Å². The van der Waals surface area contributed by atoms with Crippen LogP contribution in [0.2, 0.25) is 0 Å². The highest BCUT2D eigenvalue weighted by atomic mass is 31.1. The summed E-state index contributed by atoms with van der Waals surface area (Å²) in [5.74, 6) is -0.589. The van der Waals surface area contributed by atoms with Gasteiger partial charge in [-0.15, -0.1) is 0 Å². The summed E-state index contributed by atoms with van der Waals surface area (Å²) in [7, 11) is -2.94. The predicted molar refractivity (Wildman–Crippen MR) is 100 cm³/mol. The normalized spacial score (nSPS) is 35.2. The zero-order chi connectivity index (χ0) is 21.7. The molecule has 3 rings (SSSR count). The molecule has 0 amide bonds. The third kappa shape index (κ3) is 3.72. The Morgan fingerprint density at radius 2 is 2.10 bits per heavy atom. The van der Waals surface area contributed by atoms with Crippen LogP contribution >= 0.6 is 8.18 Å². The van der Waals surface area contributed by atoms with Crippen LogP contribution in [0.15, 0.2) is 21.9 Å². The largest absolute Gasteiger partial charge is 0.462 e. The number of nitrogens with zero attached hydrogens (tertiary/aromatic N) is 1. The second-order valence-corrected chi connectivity index (χ2v) is 8.81. The van der Waals surface area contributed by atoms with Gasteiger partial charge in [0.15, 0.2) is 6.23 Å². The third-order valence-corrected chi connectivity index (χ3v) is 6.20. The molecule has 0 aromatic carbocycles. The van der Waals surface area contributed by atoms with E-state index in [1.54, 1.807) is 13.8 Å². The lowest BCUT2D eigenvalue weighted by atomic mass is 9.92. The number of hydrogen-bond acceptors (Lipinski definition) is 9. The number of aliphatic hydroxyl groups is 1. The molecule has 1 aromatic rings. The maximum absolute atomic E-state index is 12.3. The highest BCUT2D eigenvalue weighted by Crippen LogP contribution is 2.61. The summed E-state index contributed by atoms with van der Waals surface area (Å²) in [5, 5.41) is 13.4. The number of rotatable bonds is 7. The van der Waals surface area contributed by atoms with E-state index in [4.69, 9.17) is 19.7 Å². The van der Waals surface area contributed by atoms with Crippen molar-refractivity contribution in [1.29, 1.82) is 0 Å². The molecule has 1 saturated heterocycles. The van der Waals surface area contributed by atoms with E-state index in [0.29, 0.717) is 0 Å². The number of carbonyl (C=O) groups is 1. The molecule has 2 aliphatic rings. The van der Waals surface area contributed by atoms with E-state index >= 15 is 0 Å². The van der Waals surface area contributed by atoms with Crippen LogP contribution in [0.5, 0.6) is 0 Å². The molecular weight excluding hydrogens is 407 g/mol. The van der Waals surface area contributed by atoms with E-state index in [0.717, 1.165) is 10.6 Å². The average molecular weight is 432 g/mol. The Balaban J connectivity index is 1.66. The summed E-state index contributed by atoms with van der Waals surface area (Å²) in [6, 6.07) is 0.248. The minimum Gasteiger partial charge on any atom is -0.462 e. The summed E-state index contributed by atoms with van der Waals surface area (Å²) in [5.41, 5.74) is 1.73. The molecule has 5 N–H and O–H groups in total. The van der Waals surface area contributed by atoms with E-state index in [9.17, 15) is 24.1 Å². The quantitative estimate of drug-likeness (QED) is 0.296. The molecule has 2 heterocycles. The number of aromatic amines is 1. The van der Waals surface area contributed by atoms with Gasteiger partial charge in [0.05, 0.1) is 11.6 Å². The number of carbonyl (C=O) groups excluding carboxylic acids is 1. The highest BCUT2D eigenvalue weighted by Gasteiger charge is 2.82. The number of nitrogens with one attached hydrogen (secondary N) is 2. The van der Waals surface area contributed by atoms with Crippen LogP contribution in [-0.4, -0.2) is 56.1 Å². The van der Waals surface area contributed by atoms with E-state index in [1.807, 2.05) is 0 Å². The van der Waals surface area contributed by atoms with Gasteiger partial charge in [0.1, 0.15) is 23.9 Å². The first-order valence-corrected chi connectivity index (χ1v) is 10.4. The van der Waals surface area contributed by atoms with Crippen molar-refractivity contribution in [3.8, 4) is 0 Å². The molecule has 0 radical (unpaired) electrons. The van der Waals surface area contributed by atoms with Gasteiger partial charge >= 0.3 is 11.7 Å². The number of H-pyrrole nitrogens is 1. The van der Waals surface area contributed by atoms with Crippen LogP contribution in [0.1, 0.15) is 33.9 Å². The van der Waals surface area contributed by atoms with Crippen molar-refractivity contribution in [2.45, 2.75) is 69.4 Å². The van der Waals surface area contributed by atoms with Crippen LogP contribution < -0.4 is 22.1 Å². The molecule has 1 saturated carbocycles. The highest BCUT2D eigenvalue weighted by molar-refractivity contribution is 7.36. The molecule has 0 spiro atoms.